The SMILES string of the molecule is CCOCC(C)(CN)N1CCC(CC)C1. The van der Waals surface area contributed by atoms with E-state index >= 15 is 0 Å². The molecule has 1 saturated heterocycles. The summed E-state index contributed by atoms with van der Waals surface area (Å²) < 4.78 is 5.55. The maximum Gasteiger partial charge on any atom is 0.0659 e. The highest BCUT2D eigenvalue weighted by atomic mass is 16.5. The predicted octanol–water partition coefficient (Wildman–Crippen LogP) is 1.47. The third-order valence-corrected chi connectivity index (χ3v) is 3.68. The number of ether oxygens (including phenoxy) is 1. The lowest BCUT2D eigenvalue weighted by Gasteiger charge is -2.37. The molecule has 3 heteroatoms. The molecule has 3 nitrogen and oxygen atoms in total. The minimum Gasteiger partial charge on any atom is -0.380 e. The molecule has 1 fully saturated rings. The van der Waals surface area contributed by atoms with Gasteiger partial charge < -0.3 is 10.5 Å². The van der Waals surface area contributed by atoms with Gasteiger partial charge in [-0.2, -0.15) is 0 Å². The molecule has 0 saturated carbocycles. The van der Waals surface area contributed by atoms with Crippen LogP contribution in [0.1, 0.15) is 33.6 Å². The molecule has 2 atom stereocenters. The van der Waals surface area contributed by atoms with Crippen LogP contribution in [-0.4, -0.2) is 43.3 Å². The van der Waals surface area contributed by atoms with Gasteiger partial charge in [0.25, 0.3) is 0 Å². The first-order valence-corrected chi connectivity index (χ1v) is 6.19. The van der Waals surface area contributed by atoms with Gasteiger partial charge in [-0.25, -0.2) is 0 Å². The fourth-order valence-corrected chi connectivity index (χ4v) is 2.26. The number of hydrogen-bond donors (Lipinski definition) is 1. The van der Waals surface area contributed by atoms with Crippen LogP contribution in [0.2, 0.25) is 0 Å². The van der Waals surface area contributed by atoms with E-state index in [0.29, 0.717) is 6.54 Å². The van der Waals surface area contributed by atoms with Gasteiger partial charge >= 0.3 is 0 Å². The van der Waals surface area contributed by atoms with Gasteiger partial charge in [-0.3, -0.25) is 4.90 Å². The first-order valence-electron chi connectivity index (χ1n) is 6.19. The number of rotatable bonds is 6. The molecule has 0 bridgehead atoms. The summed E-state index contributed by atoms with van der Waals surface area (Å²) in [6.07, 6.45) is 2.60. The monoisotopic (exact) mass is 214 g/mol. The predicted molar refractivity (Wildman–Crippen MR) is 63.9 cm³/mol. The van der Waals surface area contributed by atoms with Crippen molar-refractivity contribution in [2.24, 2.45) is 11.7 Å². The largest absolute Gasteiger partial charge is 0.380 e. The van der Waals surface area contributed by atoms with Gasteiger partial charge in [-0.1, -0.05) is 13.3 Å². The Morgan fingerprint density at radius 1 is 1.47 bits per heavy atom. The van der Waals surface area contributed by atoms with Crippen molar-refractivity contribution in [3.05, 3.63) is 0 Å². The van der Waals surface area contributed by atoms with Crippen LogP contribution >= 0.6 is 0 Å². The maximum absolute atomic E-state index is 5.89. The molecule has 1 aliphatic heterocycles. The zero-order chi connectivity index (χ0) is 11.3. The molecule has 0 aromatic carbocycles. The topological polar surface area (TPSA) is 38.5 Å². The summed E-state index contributed by atoms with van der Waals surface area (Å²) in [4.78, 5) is 2.51. The Kier molecular flexibility index (Phi) is 5.03. The number of likely N-dealkylation sites (tertiary alicyclic amines) is 1. The van der Waals surface area contributed by atoms with E-state index in [2.05, 4.69) is 18.7 Å². The summed E-state index contributed by atoms with van der Waals surface area (Å²) in [5, 5.41) is 0. The van der Waals surface area contributed by atoms with Gasteiger partial charge in [0.2, 0.25) is 0 Å². The highest BCUT2D eigenvalue weighted by molar-refractivity contribution is 4.91. The molecule has 2 unspecified atom stereocenters. The molecular formula is C12H26N2O. The van der Waals surface area contributed by atoms with E-state index in [1.54, 1.807) is 0 Å². The number of nitrogens with two attached hydrogens (primary N) is 1. The smallest absolute Gasteiger partial charge is 0.0659 e. The van der Waals surface area contributed by atoms with E-state index in [9.17, 15) is 0 Å². The van der Waals surface area contributed by atoms with E-state index in [1.807, 2.05) is 6.92 Å². The van der Waals surface area contributed by atoms with Gasteiger partial charge in [0, 0.05) is 19.7 Å². The van der Waals surface area contributed by atoms with Crippen molar-refractivity contribution in [1.29, 1.82) is 0 Å². The van der Waals surface area contributed by atoms with Crippen molar-refractivity contribution in [1.82, 2.24) is 4.90 Å². The van der Waals surface area contributed by atoms with Gasteiger partial charge in [-0.15, -0.1) is 0 Å². The van der Waals surface area contributed by atoms with Gasteiger partial charge in [-0.05, 0) is 32.7 Å². The third kappa shape index (κ3) is 3.16. The Balaban J connectivity index is 2.50. The number of nitrogens with zero attached hydrogens (tertiary/aromatic N) is 1. The first-order chi connectivity index (χ1) is 7.16. The fraction of sp³-hybridized carbons (Fsp3) is 1.00. The Morgan fingerprint density at radius 2 is 2.20 bits per heavy atom. The summed E-state index contributed by atoms with van der Waals surface area (Å²) >= 11 is 0. The normalized spacial score (nSPS) is 26.8. The second-order valence-corrected chi connectivity index (χ2v) is 4.85. The van der Waals surface area contributed by atoms with Gasteiger partial charge in [0.15, 0.2) is 0 Å². The van der Waals surface area contributed by atoms with E-state index in [-0.39, 0.29) is 5.54 Å². The van der Waals surface area contributed by atoms with Crippen LogP contribution in [0, 0.1) is 5.92 Å². The zero-order valence-corrected chi connectivity index (χ0v) is 10.5. The molecule has 1 aliphatic rings. The Bertz CT molecular complexity index is 186. The van der Waals surface area contributed by atoms with Crippen LogP contribution in [-0.2, 0) is 4.74 Å². The van der Waals surface area contributed by atoms with Gasteiger partial charge in [0.1, 0.15) is 0 Å². The molecule has 1 rings (SSSR count). The third-order valence-electron chi connectivity index (χ3n) is 3.68. The quantitative estimate of drug-likeness (QED) is 0.728. The molecule has 0 spiro atoms. The van der Waals surface area contributed by atoms with Crippen LogP contribution in [0.5, 0.6) is 0 Å². The molecule has 0 radical (unpaired) electrons. The molecule has 0 aliphatic carbocycles. The Hall–Kier alpha value is -0.120. The first kappa shape index (κ1) is 12.9. The van der Waals surface area contributed by atoms with Crippen LogP contribution in [0.4, 0.5) is 0 Å². The van der Waals surface area contributed by atoms with E-state index < -0.39 is 0 Å². The highest BCUT2D eigenvalue weighted by Gasteiger charge is 2.35. The fourth-order valence-electron chi connectivity index (χ4n) is 2.26. The van der Waals surface area contributed by atoms with Crippen LogP contribution in [0.3, 0.4) is 0 Å². The van der Waals surface area contributed by atoms with Crippen LogP contribution in [0.25, 0.3) is 0 Å². The van der Waals surface area contributed by atoms with Crippen molar-refractivity contribution in [2.45, 2.75) is 39.2 Å². The van der Waals surface area contributed by atoms with Crippen molar-refractivity contribution in [2.75, 3.05) is 32.8 Å². The van der Waals surface area contributed by atoms with E-state index in [1.165, 1.54) is 25.9 Å². The van der Waals surface area contributed by atoms with Gasteiger partial charge in [0.05, 0.1) is 12.1 Å². The second kappa shape index (κ2) is 5.83. The standard InChI is InChI=1S/C12H26N2O/c1-4-11-6-7-14(8-11)12(3,9-13)10-15-5-2/h11H,4-10,13H2,1-3H3. The lowest BCUT2D eigenvalue weighted by atomic mass is 10.0. The lowest BCUT2D eigenvalue weighted by Crippen LogP contribution is -2.53. The minimum atomic E-state index is 0.0416. The lowest BCUT2D eigenvalue weighted by molar-refractivity contribution is 0.0208. The summed E-state index contributed by atoms with van der Waals surface area (Å²) in [6, 6.07) is 0. The molecular weight excluding hydrogens is 188 g/mol. The second-order valence-electron chi connectivity index (χ2n) is 4.85. The molecule has 0 aromatic heterocycles. The highest BCUT2D eigenvalue weighted by Crippen LogP contribution is 2.26. The summed E-state index contributed by atoms with van der Waals surface area (Å²) in [7, 11) is 0. The van der Waals surface area contributed by atoms with E-state index in [0.717, 1.165) is 19.1 Å². The average Bonchev–Trinajstić information content (AvgIpc) is 2.75. The number of hydrogen-bond acceptors (Lipinski definition) is 3. The molecule has 2 N–H and O–H groups in total. The van der Waals surface area contributed by atoms with Crippen molar-refractivity contribution in [3.8, 4) is 0 Å². The van der Waals surface area contributed by atoms with E-state index in [4.69, 9.17) is 10.5 Å². The van der Waals surface area contributed by atoms with Crippen molar-refractivity contribution < 1.29 is 4.74 Å². The molecule has 90 valence electrons. The maximum atomic E-state index is 5.89. The molecule has 0 aromatic rings. The summed E-state index contributed by atoms with van der Waals surface area (Å²) in [5.41, 5.74) is 5.93. The molecule has 15 heavy (non-hydrogen) atoms. The van der Waals surface area contributed by atoms with Crippen molar-refractivity contribution >= 4 is 0 Å². The average molecular weight is 214 g/mol. The van der Waals surface area contributed by atoms with Crippen LogP contribution in [0.15, 0.2) is 0 Å². The Morgan fingerprint density at radius 3 is 2.67 bits per heavy atom. The molecule has 1 heterocycles. The molecule has 0 amide bonds. The Labute approximate surface area is 94.0 Å². The zero-order valence-electron chi connectivity index (χ0n) is 10.5. The summed E-state index contributed by atoms with van der Waals surface area (Å²) in [5.74, 6) is 0.859. The van der Waals surface area contributed by atoms with Crippen LogP contribution < -0.4 is 5.73 Å². The summed E-state index contributed by atoms with van der Waals surface area (Å²) in [6.45, 7) is 11.1. The van der Waals surface area contributed by atoms with Crippen molar-refractivity contribution in [3.63, 3.8) is 0 Å². The minimum absolute atomic E-state index is 0.0416.